The van der Waals surface area contributed by atoms with E-state index in [1.54, 1.807) is 0 Å². The minimum atomic E-state index is -0.439. The molecule has 68 valence electrons. The number of rotatable bonds is 5. The lowest BCUT2D eigenvalue weighted by Crippen LogP contribution is -2.32. The quantitative estimate of drug-likeness (QED) is 0.576. The Morgan fingerprint density at radius 2 is 1.82 bits per heavy atom. The van der Waals surface area contributed by atoms with Gasteiger partial charge in [-0.3, -0.25) is 0 Å². The van der Waals surface area contributed by atoms with Gasteiger partial charge in [-0.05, 0) is 20.3 Å². The minimum Gasteiger partial charge on any atom is -0.312 e. The van der Waals surface area contributed by atoms with E-state index < -0.39 is 8.80 Å². The molecule has 0 N–H and O–H groups in total. The van der Waals surface area contributed by atoms with E-state index in [2.05, 4.69) is 39.8 Å². The fourth-order valence-corrected chi connectivity index (χ4v) is 4.54. The smallest absolute Gasteiger partial charge is 0.0555 e. The second-order valence-electron chi connectivity index (χ2n) is 3.82. The Hall–Kier alpha value is 0.177. The van der Waals surface area contributed by atoms with Gasteiger partial charge in [-0.2, -0.15) is 0 Å². The highest BCUT2D eigenvalue weighted by molar-refractivity contribution is 6.60. The summed E-state index contributed by atoms with van der Waals surface area (Å²) in [6.07, 6.45) is 2.75. The molecule has 0 fully saturated rings. The summed E-state index contributed by atoms with van der Waals surface area (Å²) in [6.45, 7) is 7.09. The van der Waals surface area contributed by atoms with E-state index in [1.807, 2.05) is 0 Å². The third-order valence-corrected chi connectivity index (χ3v) is 6.90. The molecule has 0 bridgehead atoms. The van der Waals surface area contributed by atoms with Crippen LogP contribution in [0.5, 0.6) is 0 Å². The third-order valence-electron chi connectivity index (χ3n) is 2.57. The largest absolute Gasteiger partial charge is 0.312 e. The third kappa shape index (κ3) is 4.59. The maximum Gasteiger partial charge on any atom is 0.0555 e. The predicted octanol–water partition coefficient (Wildman–Crippen LogP) is 2.13. The van der Waals surface area contributed by atoms with Crippen molar-refractivity contribution in [1.82, 2.24) is 4.90 Å². The Morgan fingerprint density at radius 3 is 2.09 bits per heavy atom. The summed E-state index contributed by atoms with van der Waals surface area (Å²) in [5, 5.41) is 0. The van der Waals surface area contributed by atoms with Crippen LogP contribution in [0.4, 0.5) is 0 Å². The molecule has 2 atom stereocenters. The number of hydrogen-bond acceptors (Lipinski definition) is 1. The summed E-state index contributed by atoms with van der Waals surface area (Å²) in [7, 11) is 3.95. The molecule has 0 heterocycles. The van der Waals surface area contributed by atoms with Crippen molar-refractivity contribution in [2.45, 2.75) is 38.8 Å². The van der Waals surface area contributed by atoms with E-state index in [4.69, 9.17) is 0 Å². The molecule has 0 amide bonds. The fraction of sp³-hybridized carbons (Fsp3) is 1.00. The van der Waals surface area contributed by atoms with Crippen LogP contribution in [0.15, 0.2) is 0 Å². The molecule has 2 unspecified atom stereocenters. The van der Waals surface area contributed by atoms with Gasteiger partial charge in [0, 0.05) is 0 Å². The van der Waals surface area contributed by atoms with E-state index in [0.717, 1.165) is 5.54 Å². The summed E-state index contributed by atoms with van der Waals surface area (Å²) < 4.78 is 0. The molecule has 0 aliphatic rings. The zero-order valence-electron chi connectivity index (χ0n) is 8.72. The molecular weight excluding hydrogens is 150 g/mol. The highest BCUT2D eigenvalue weighted by Crippen LogP contribution is 2.16. The summed E-state index contributed by atoms with van der Waals surface area (Å²) in [4.78, 5) is 2.35. The van der Waals surface area contributed by atoms with Gasteiger partial charge < -0.3 is 4.90 Å². The van der Waals surface area contributed by atoms with Crippen molar-refractivity contribution in [3.63, 3.8) is 0 Å². The van der Waals surface area contributed by atoms with Crippen LogP contribution in [-0.2, 0) is 0 Å². The number of nitrogens with zero attached hydrogens (tertiary/aromatic N) is 1. The van der Waals surface area contributed by atoms with Gasteiger partial charge in [-0.1, -0.05) is 38.8 Å². The predicted molar refractivity (Wildman–Crippen MR) is 55.9 cm³/mol. The zero-order valence-corrected chi connectivity index (χ0v) is 9.88. The topological polar surface area (TPSA) is 3.24 Å². The minimum absolute atomic E-state index is 0.439. The van der Waals surface area contributed by atoms with E-state index in [1.165, 1.54) is 18.6 Å². The van der Waals surface area contributed by atoms with Gasteiger partial charge in [-0.25, -0.2) is 0 Å². The maximum absolute atomic E-state index is 2.42. The average Bonchev–Trinajstić information content (AvgIpc) is 1.98. The first-order valence-corrected chi connectivity index (χ1v) is 7.06. The van der Waals surface area contributed by atoms with Crippen molar-refractivity contribution < 1.29 is 0 Å². The van der Waals surface area contributed by atoms with E-state index in [0.29, 0.717) is 0 Å². The van der Waals surface area contributed by atoms with Crippen LogP contribution in [0.3, 0.4) is 0 Å². The molecule has 0 aromatic carbocycles. The zero-order chi connectivity index (χ0) is 8.85. The maximum atomic E-state index is 2.42. The van der Waals surface area contributed by atoms with Crippen molar-refractivity contribution in [2.75, 3.05) is 20.3 Å². The van der Waals surface area contributed by atoms with Crippen molar-refractivity contribution in [3.05, 3.63) is 0 Å². The van der Waals surface area contributed by atoms with Crippen LogP contribution >= 0.6 is 0 Å². The average molecular weight is 173 g/mol. The first kappa shape index (κ1) is 11.2. The number of hydrogen-bond donors (Lipinski definition) is 0. The first-order chi connectivity index (χ1) is 5.11. The van der Waals surface area contributed by atoms with Crippen LogP contribution in [0.1, 0.15) is 27.2 Å². The van der Waals surface area contributed by atoms with Crippen LogP contribution in [0, 0.1) is 0 Å². The molecule has 2 heteroatoms. The first-order valence-electron chi connectivity index (χ1n) is 4.76. The molecule has 1 nitrogen and oxygen atoms in total. The fourth-order valence-electron chi connectivity index (χ4n) is 1.51. The molecule has 0 aliphatic heterocycles. The standard InChI is InChI=1S/C9H23NSi/c1-6-9(3)11(7-2)8-10(4)5/h9,11H,6-8H2,1-5H3. The molecule has 0 aromatic heterocycles. The summed E-state index contributed by atoms with van der Waals surface area (Å²) in [5.41, 5.74) is 1.02. The highest BCUT2D eigenvalue weighted by Gasteiger charge is 2.15. The van der Waals surface area contributed by atoms with Crippen LogP contribution in [0.25, 0.3) is 0 Å². The Morgan fingerprint density at radius 1 is 1.27 bits per heavy atom. The van der Waals surface area contributed by atoms with Gasteiger partial charge in [0.15, 0.2) is 0 Å². The van der Waals surface area contributed by atoms with Crippen LogP contribution < -0.4 is 0 Å². The lowest BCUT2D eigenvalue weighted by Gasteiger charge is -2.23. The molecule has 11 heavy (non-hydrogen) atoms. The van der Waals surface area contributed by atoms with Gasteiger partial charge in [0.25, 0.3) is 0 Å². The summed E-state index contributed by atoms with van der Waals surface area (Å²) in [5.74, 6) is 0. The van der Waals surface area contributed by atoms with Crippen molar-refractivity contribution in [1.29, 1.82) is 0 Å². The molecular formula is C9H23NSi. The van der Waals surface area contributed by atoms with Gasteiger partial charge in [-0.15, -0.1) is 0 Å². The van der Waals surface area contributed by atoms with E-state index >= 15 is 0 Å². The highest BCUT2D eigenvalue weighted by atomic mass is 28.3. The van der Waals surface area contributed by atoms with Crippen molar-refractivity contribution >= 4 is 8.80 Å². The second-order valence-corrected chi connectivity index (χ2v) is 7.66. The van der Waals surface area contributed by atoms with Gasteiger partial charge >= 0.3 is 0 Å². The Labute approximate surface area is 73.4 Å². The van der Waals surface area contributed by atoms with Crippen molar-refractivity contribution in [2.24, 2.45) is 0 Å². The lowest BCUT2D eigenvalue weighted by atomic mass is 10.4. The lowest BCUT2D eigenvalue weighted by molar-refractivity contribution is 0.469. The van der Waals surface area contributed by atoms with Gasteiger partial charge in [0.1, 0.15) is 0 Å². The summed E-state index contributed by atoms with van der Waals surface area (Å²) in [6, 6.07) is 1.45. The van der Waals surface area contributed by atoms with Crippen LogP contribution in [-0.4, -0.2) is 34.0 Å². The van der Waals surface area contributed by atoms with E-state index in [9.17, 15) is 0 Å². The normalized spacial score (nSPS) is 16.9. The molecule has 0 spiro atoms. The van der Waals surface area contributed by atoms with Gasteiger partial charge in [0.2, 0.25) is 0 Å². The second kappa shape index (κ2) is 5.78. The molecule has 0 saturated heterocycles. The van der Waals surface area contributed by atoms with E-state index in [-0.39, 0.29) is 0 Å². The Bertz CT molecular complexity index is 93.6. The monoisotopic (exact) mass is 173 g/mol. The van der Waals surface area contributed by atoms with Crippen molar-refractivity contribution in [3.8, 4) is 0 Å². The Kier molecular flexibility index (Phi) is 5.87. The van der Waals surface area contributed by atoms with Crippen LogP contribution in [0.2, 0.25) is 11.6 Å². The molecule has 0 aliphatic carbocycles. The Balaban J connectivity index is 3.74. The summed E-state index contributed by atoms with van der Waals surface area (Å²) >= 11 is 0. The molecule has 0 saturated carbocycles. The molecule has 0 radical (unpaired) electrons. The molecule has 0 rings (SSSR count). The van der Waals surface area contributed by atoms with Gasteiger partial charge in [0.05, 0.1) is 8.80 Å². The SMILES string of the molecule is CCC(C)[SiH](CC)CN(C)C. The molecule has 0 aromatic rings.